The molecule has 2 aromatic carbocycles. The fourth-order valence-electron chi connectivity index (χ4n) is 2.84. The number of carbonyl (C=O) groups is 2. The van der Waals surface area contributed by atoms with Crippen LogP contribution in [0.1, 0.15) is 41.0 Å². The second kappa shape index (κ2) is 9.48. The van der Waals surface area contributed by atoms with Crippen molar-refractivity contribution in [3.05, 3.63) is 71.8 Å². The van der Waals surface area contributed by atoms with E-state index in [2.05, 4.69) is 24.5 Å². The van der Waals surface area contributed by atoms with Crippen molar-refractivity contribution in [2.24, 2.45) is 5.92 Å². The van der Waals surface area contributed by atoms with E-state index in [0.717, 1.165) is 0 Å². The summed E-state index contributed by atoms with van der Waals surface area (Å²) in [7, 11) is -2.95. The van der Waals surface area contributed by atoms with E-state index in [9.17, 15) is 14.4 Å². The third kappa shape index (κ3) is 6.34. The minimum atomic E-state index is -2.95. The number of hydrogen-bond acceptors (Lipinski definition) is 3. The molecule has 2 amide bonds. The number of carbonyl (C=O) groups excluding carboxylic acids is 2. The van der Waals surface area contributed by atoms with Gasteiger partial charge in [-0.15, -0.1) is 0 Å². The van der Waals surface area contributed by atoms with Gasteiger partial charge in [-0.25, -0.2) is 0 Å². The molecule has 0 spiro atoms. The Hall–Kier alpha value is -2.44. The molecule has 0 saturated carbocycles. The highest BCUT2D eigenvalue weighted by molar-refractivity contribution is 6.73. The summed E-state index contributed by atoms with van der Waals surface area (Å²) in [5.74, 6) is -0.126. The molecule has 27 heavy (non-hydrogen) atoms. The normalized spacial score (nSPS) is 14.3. The summed E-state index contributed by atoms with van der Waals surface area (Å²) in [6.07, 6.45) is 0.826. The number of nitrogens with one attached hydrogen (secondary N) is 2. The van der Waals surface area contributed by atoms with Gasteiger partial charge in [0, 0.05) is 23.0 Å². The minimum absolute atomic E-state index is 0.174. The fourth-order valence-corrected chi connectivity index (χ4v) is 5.03. The van der Waals surface area contributed by atoms with Gasteiger partial charge in [-0.2, -0.15) is 0 Å². The van der Waals surface area contributed by atoms with E-state index in [0.29, 0.717) is 23.5 Å². The number of rotatable bonds is 8. The van der Waals surface area contributed by atoms with Gasteiger partial charge >= 0.3 is 0 Å². The van der Waals surface area contributed by atoms with Gasteiger partial charge in [0.2, 0.25) is 8.32 Å². The smallest absolute Gasteiger partial charge is 0.251 e. The average molecular weight is 385 g/mol. The monoisotopic (exact) mass is 384 g/mol. The average Bonchev–Trinajstić information content (AvgIpc) is 2.66. The molecule has 144 valence electrons. The van der Waals surface area contributed by atoms with Crippen molar-refractivity contribution < 1.29 is 14.4 Å². The lowest BCUT2D eigenvalue weighted by molar-refractivity contribution is 0.0941. The van der Waals surface area contributed by atoms with Gasteiger partial charge in [-0.3, -0.25) is 9.59 Å². The van der Waals surface area contributed by atoms with E-state index in [1.165, 1.54) is 0 Å². The first-order valence-electron chi connectivity index (χ1n) is 9.21. The lowest BCUT2D eigenvalue weighted by Gasteiger charge is -2.32. The molecule has 0 aliphatic rings. The number of amides is 2. The number of benzene rings is 2. The highest BCUT2D eigenvalue weighted by atomic mass is 28.4. The van der Waals surface area contributed by atoms with Crippen molar-refractivity contribution >= 4 is 20.1 Å². The Morgan fingerprint density at radius 3 is 1.89 bits per heavy atom. The van der Waals surface area contributed by atoms with Gasteiger partial charge in [-0.05, 0) is 43.2 Å². The lowest BCUT2D eigenvalue weighted by atomic mass is 10.1. The van der Waals surface area contributed by atoms with Crippen LogP contribution in [0, 0.1) is 5.92 Å². The maximum absolute atomic E-state index is 12.6. The summed E-state index contributed by atoms with van der Waals surface area (Å²) in [6.45, 7) is 5.88. The second-order valence-electron chi connectivity index (χ2n) is 7.43. The SMILES string of the molecule is CC(C)CC(NC(=O)c1ccccc1)[Si](C)(O)CNC(=O)c1ccccc1. The molecule has 0 radical (unpaired) electrons. The second-order valence-corrected chi connectivity index (χ2v) is 11.2. The first-order valence-corrected chi connectivity index (χ1v) is 11.9. The molecule has 2 aromatic rings. The Morgan fingerprint density at radius 2 is 1.41 bits per heavy atom. The molecule has 0 fully saturated rings. The summed E-state index contributed by atoms with van der Waals surface area (Å²) in [4.78, 5) is 36.0. The van der Waals surface area contributed by atoms with Crippen LogP contribution in [-0.2, 0) is 0 Å². The van der Waals surface area contributed by atoms with Crippen LogP contribution < -0.4 is 10.6 Å². The molecule has 2 unspecified atom stereocenters. The summed E-state index contributed by atoms with van der Waals surface area (Å²) in [6, 6.07) is 17.9. The molecule has 6 heteroatoms. The van der Waals surface area contributed by atoms with Crippen LogP contribution in [0.5, 0.6) is 0 Å². The molecular formula is C21H28N2O3Si. The highest BCUT2D eigenvalue weighted by Gasteiger charge is 2.37. The number of hydrogen-bond donors (Lipinski definition) is 3. The third-order valence-corrected chi connectivity index (χ3v) is 7.22. The van der Waals surface area contributed by atoms with Crippen LogP contribution in [0.2, 0.25) is 6.55 Å². The summed E-state index contributed by atoms with van der Waals surface area (Å²) >= 11 is 0. The van der Waals surface area contributed by atoms with E-state index in [-0.39, 0.29) is 23.6 Å². The van der Waals surface area contributed by atoms with Crippen LogP contribution in [0.4, 0.5) is 0 Å². The van der Waals surface area contributed by atoms with Crippen molar-refractivity contribution in [1.29, 1.82) is 0 Å². The standard InChI is InChI=1S/C21H28N2O3Si/c1-16(2)14-19(23-21(25)18-12-8-5-9-13-18)27(3,26)15-22-20(24)17-10-6-4-7-11-17/h4-13,16,19,26H,14-15H2,1-3H3,(H,22,24)(H,23,25). The van der Waals surface area contributed by atoms with Crippen LogP contribution >= 0.6 is 0 Å². The predicted octanol–water partition coefficient (Wildman–Crippen LogP) is 2.91. The molecular weight excluding hydrogens is 356 g/mol. The van der Waals surface area contributed by atoms with Crippen LogP contribution in [0.3, 0.4) is 0 Å². The Bertz CT molecular complexity index is 749. The Labute approximate surface area is 161 Å². The Kier molecular flexibility index (Phi) is 7.33. The summed E-state index contributed by atoms with van der Waals surface area (Å²) in [5.41, 5.74) is 0.752. The first-order chi connectivity index (χ1) is 12.8. The van der Waals surface area contributed by atoms with Crippen LogP contribution in [-0.4, -0.2) is 36.8 Å². The predicted molar refractivity (Wildman–Crippen MR) is 110 cm³/mol. The van der Waals surface area contributed by atoms with E-state index in [1.54, 1.807) is 42.9 Å². The molecule has 0 aliphatic carbocycles. The minimum Gasteiger partial charge on any atom is -0.428 e. The Morgan fingerprint density at radius 1 is 0.926 bits per heavy atom. The molecule has 0 saturated heterocycles. The van der Waals surface area contributed by atoms with Gasteiger partial charge in [0.1, 0.15) is 0 Å². The topological polar surface area (TPSA) is 78.4 Å². The Balaban J connectivity index is 2.06. The van der Waals surface area contributed by atoms with E-state index < -0.39 is 8.32 Å². The molecule has 2 rings (SSSR count). The zero-order valence-corrected chi connectivity index (χ0v) is 17.1. The molecule has 0 aromatic heterocycles. The van der Waals surface area contributed by atoms with Crippen LogP contribution in [0.15, 0.2) is 60.7 Å². The summed E-state index contributed by atoms with van der Waals surface area (Å²) < 4.78 is 0. The van der Waals surface area contributed by atoms with Gasteiger partial charge in [0.25, 0.3) is 11.8 Å². The van der Waals surface area contributed by atoms with Gasteiger partial charge < -0.3 is 15.4 Å². The van der Waals surface area contributed by atoms with Crippen molar-refractivity contribution in [1.82, 2.24) is 10.6 Å². The van der Waals surface area contributed by atoms with Crippen LogP contribution in [0.25, 0.3) is 0 Å². The van der Waals surface area contributed by atoms with E-state index in [4.69, 9.17) is 0 Å². The van der Waals surface area contributed by atoms with Gasteiger partial charge in [0.15, 0.2) is 0 Å². The largest absolute Gasteiger partial charge is 0.428 e. The lowest BCUT2D eigenvalue weighted by Crippen LogP contribution is -2.61. The quantitative estimate of drug-likeness (QED) is 0.612. The highest BCUT2D eigenvalue weighted by Crippen LogP contribution is 2.15. The van der Waals surface area contributed by atoms with Crippen molar-refractivity contribution in [3.63, 3.8) is 0 Å². The van der Waals surface area contributed by atoms with Gasteiger partial charge in [0.05, 0.1) is 0 Å². The fraction of sp³-hybridized carbons (Fsp3) is 0.333. The molecule has 2 atom stereocenters. The maximum atomic E-state index is 12.6. The first kappa shape index (κ1) is 20.9. The molecule has 0 bridgehead atoms. The van der Waals surface area contributed by atoms with E-state index in [1.807, 2.05) is 24.3 Å². The van der Waals surface area contributed by atoms with E-state index >= 15 is 0 Å². The molecule has 0 heterocycles. The molecule has 3 N–H and O–H groups in total. The maximum Gasteiger partial charge on any atom is 0.251 e. The zero-order valence-electron chi connectivity index (χ0n) is 16.1. The van der Waals surface area contributed by atoms with Crippen molar-refractivity contribution in [3.8, 4) is 0 Å². The third-order valence-electron chi connectivity index (χ3n) is 4.44. The van der Waals surface area contributed by atoms with Crippen molar-refractivity contribution in [2.75, 3.05) is 6.17 Å². The molecule has 0 aliphatic heterocycles. The van der Waals surface area contributed by atoms with Crippen molar-refractivity contribution in [2.45, 2.75) is 32.5 Å². The van der Waals surface area contributed by atoms with Gasteiger partial charge in [-0.1, -0.05) is 50.2 Å². The zero-order chi connectivity index (χ0) is 19.9. The molecule has 5 nitrogen and oxygen atoms in total. The summed E-state index contributed by atoms with van der Waals surface area (Å²) in [5, 5.41) is 5.82.